The van der Waals surface area contributed by atoms with Crippen molar-refractivity contribution >= 4 is 11.4 Å². The van der Waals surface area contributed by atoms with E-state index in [1.165, 1.54) is 0 Å². The Kier molecular flexibility index (Phi) is 5.06. The largest absolute Gasteiger partial charge is 0.353 e. The van der Waals surface area contributed by atoms with Gasteiger partial charge in [-0.05, 0) is 31.2 Å². The predicted molar refractivity (Wildman–Crippen MR) is 87.9 cm³/mol. The third-order valence-electron chi connectivity index (χ3n) is 3.65. The molecule has 1 N–H and O–H groups in total. The van der Waals surface area contributed by atoms with Gasteiger partial charge in [-0.1, -0.05) is 36.4 Å². The fourth-order valence-corrected chi connectivity index (χ4v) is 2.62. The van der Waals surface area contributed by atoms with Gasteiger partial charge in [-0.2, -0.15) is 0 Å². The Bertz CT molecular complexity index is 522. The quantitative estimate of drug-likeness (QED) is 0.828. The molecule has 116 valence electrons. The van der Waals surface area contributed by atoms with Gasteiger partial charge in [0.15, 0.2) is 6.29 Å². The SMILES string of the molecule is CCO[C@H]1C[C@H](NN(c2ccccc2)c2ccccc2)CO1. The highest BCUT2D eigenvalue weighted by Crippen LogP contribution is 2.24. The first kappa shape index (κ1) is 15.0. The Morgan fingerprint density at radius 2 is 1.64 bits per heavy atom. The van der Waals surface area contributed by atoms with E-state index in [0.717, 1.165) is 17.8 Å². The lowest BCUT2D eigenvalue weighted by molar-refractivity contribution is -0.106. The van der Waals surface area contributed by atoms with Gasteiger partial charge >= 0.3 is 0 Å². The molecule has 2 aromatic carbocycles. The van der Waals surface area contributed by atoms with Crippen LogP contribution in [0.2, 0.25) is 0 Å². The van der Waals surface area contributed by atoms with Crippen LogP contribution < -0.4 is 10.4 Å². The second kappa shape index (κ2) is 7.40. The van der Waals surface area contributed by atoms with Crippen molar-refractivity contribution in [3.8, 4) is 0 Å². The molecule has 0 amide bonds. The van der Waals surface area contributed by atoms with Crippen molar-refractivity contribution in [2.24, 2.45) is 0 Å². The van der Waals surface area contributed by atoms with E-state index >= 15 is 0 Å². The van der Waals surface area contributed by atoms with Crippen molar-refractivity contribution < 1.29 is 9.47 Å². The van der Waals surface area contributed by atoms with Crippen LogP contribution in [0.4, 0.5) is 11.4 Å². The Labute approximate surface area is 131 Å². The average Bonchev–Trinajstić information content (AvgIpc) is 3.02. The van der Waals surface area contributed by atoms with Crippen LogP contribution >= 0.6 is 0 Å². The molecule has 1 aliphatic rings. The fourth-order valence-electron chi connectivity index (χ4n) is 2.62. The summed E-state index contributed by atoms with van der Waals surface area (Å²) in [6, 6.07) is 20.8. The van der Waals surface area contributed by atoms with Crippen LogP contribution in [-0.4, -0.2) is 25.5 Å². The fraction of sp³-hybridized carbons (Fsp3) is 0.333. The van der Waals surface area contributed by atoms with Crippen molar-refractivity contribution in [2.75, 3.05) is 18.2 Å². The average molecular weight is 298 g/mol. The Balaban J connectivity index is 1.76. The van der Waals surface area contributed by atoms with E-state index in [2.05, 4.69) is 34.7 Å². The van der Waals surface area contributed by atoms with Gasteiger partial charge in [-0.3, -0.25) is 5.01 Å². The highest BCUT2D eigenvalue weighted by molar-refractivity contribution is 5.61. The summed E-state index contributed by atoms with van der Waals surface area (Å²) in [6.45, 7) is 3.32. The first-order valence-electron chi connectivity index (χ1n) is 7.76. The molecular formula is C18H22N2O2. The van der Waals surface area contributed by atoms with E-state index in [0.29, 0.717) is 13.2 Å². The molecular weight excluding hydrogens is 276 g/mol. The van der Waals surface area contributed by atoms with Gasteiger partial charge in [0.05, 0.1) is 24.0 Å². The summed E-state index contributed by atoms with van der Waals surface area (Å²) < 4.78 is 11.2. The van der Waals surface area contributed by atoms with E-state index in [4.69, 9.17) is 9.47 Å². The van der Waals surface area contributed by atoms with Crippen molar-refractivity contribution in [1.29, 1.82) is 0 Å². The Morgan fingerprint density at radius 3 is 2.18 bits per heavy atom. The monoisotopic (exact) mass is 298 g/mol. The molecule has 2 atom stereocenters. The number of nitrogens with zero attached hydrogens (tertiary/aromatic N) is 1. The van der Waals surface area contributed by atoms with Crippen molar-refractivity contribution in [3.05, 3.63) is 60.7 Å². The van der Waals surface area contributed by atoms with E-state index < -0.39 is 0 Å². The summed E-state index contributed by atoms with van der Waals surface area (Å²) in [7, 11) is 0. The van der Waals surface area contributed by atoms with Crippen molar-refractivity contribution in [3.63, 3.8) is 0 Å². The predicted octanol–water partition coefficient (Wildman–Crippen LogP) is 3.48. The summed E-state index contributed by atoms with van der Waals surface area (Å²) in [5.41, 5.74) is 5.78. The highest BCUT2D eigenvalue weighted by Gasteiger charge is 2.27. The molecule has 0 radical (unpaired) electrons. The van der Waals surface area contributed by atoms with Gasteiger partial charge in [0.25, 0.3) is 0 Å². The molecule has 1 fully saturated rings. The molecule has 0 unspecified atom stereocenters. The zero-order valence-electron chi connectivity index (χ0n) is 12.8. The summed E-state index contributed by atoms with van der Waals surface area (Å²) in [5.74, 6) is 0. The third kappa shape index (κ3) is 3.65. The van der Waals surface area contributed by atoms with Crippen LogP contribution in [-0.2, 0) is 9.47 Å². The maximum absolute atomic E-state index is 5.67. The third-order valence-corrected chi connectivity index (χ3v) is 3.65. The van der Waals surface area contributed by atoms with Gasteiger partial charge < -0.3 is 9.47 Å². The molecule has 3 rings (SSSR count). The summed E-state index contributed by atoms with van der Waals surface area (Å²) >= 11 is 0. The lowest BCUT2D eigenvalue weighted by atomic mass is 10.2. The van der Waals surface area contributed by atoms with E-state index in [-0.39, 0.29) is 12.3 Å². The topological polar surface area (TPSA) is 33.7 Å². The number of rotatable bonds is 6. The van der Waals surface area contributed by atoms with Crippen LogP contribution in [0.25, 0.3) is 0 Å². The number of benzene rings is 2. The zero-order valence-corrected chi connectivity index (χ0v) is 12.8. The number of hydrazine groups is 1. The molecule has 4 nitrogen and oxygen atoms in total. The lowest BCUT2D eigenvalue weighted by Crippen LogP contribution is -2.42. The maximum atomic E-state index is 5.67. The molecule has 1 aliphatic heterocycles. The smallest absolute Gasteiger partial charge is 0.159 e. The number of anilines is 2. The lowest BCUT2D eigenvalue weighted by Gasteiger charge is -2.28. The van der Waals surface area contributed by atoms with Crippen LogP contribution in [0.1, 0.15) is 13.3 Å². The van der Waals surface area contributed by atoms with E-state index in [9.17, 15) is 0 Å². The first-order valence-corrected chi connectivity index (χ1v) is 7.76. The molecule has 1 heterocycles. The van der Waals surface area contributed by atoms with Gasteiger partial charge in [0.2, 0.25) is 0 Å². The maximum Gasteiger partial charge on any atom is 0.159 e. The van der Waals surface area contributed by atoms with Crippen LogP contribution in [0.3, 0.4) is 0 Å². The van der Waals surface area contributed by atoms with E-state index in [1.54, 1.807) is 0 Å². The van der Waals surface area contributed by atoms with Crippen molar-refractivity contribution in [2.45, 2.75) is 25.7 Å². The molecule has 22 heavy (non-hydrogen) atoms. The molecule has 4 heteroatoms. The summed E-state index contributed by atoms with van der Waals surface area (Å²) in [6.07, 6.45) is 0.750. The molecule has 0 bridgehead atoms. The molecule has 0 aliphatic carbocycles. The number of hydrogen-bond acceptors (Lipinski definition) is 4. The number of nitrogens with one attached hydrogen (secondary N) is 1. The number of hydrogen-bond donors (Lipinski definition) is 1. The second-order valence-corrected chi connectivity index (χ2v) is 5.29. The Hall–Kier alpha value is -1.88. The van der Waals surface area contributed by atoms with Gasteiger partial charge in [0.1, 0.15) is 0 Å². The van der Waals surface area contributed by atoms with Gasteiger partial charge in [-0.25, -0.2) is 5.43 Å². The van der Waals surface area contributed by atoms with Gasteiger partial charge in [0, 0.05) is 13.0 Å². The highest BCUT2D eigenvalue weighted by atomic mass is 16.7. The standard InChI is InChI=1S/C18H22N2O2/c1-2-21-18-13-15(14-22-18)19-20(16-9-5-3-6-10-16)17-11-7-4-8-12-17/h3-12,15,18-19H,2,13-14H2,1H3/t15-,18+/m0/s1. The minimum atomic E-state index is -0.101. The molecule has 2 aromatic rings. The number of ether oxygens (including phenoxy) is 2. The summed E-state index contributed by atoms with van der Waals surface area (Å²) in [4.78, 5) is 0. The van der Waals surface area contributed by atoms with Gasteiger partial charge in [-0.15, -0.1) is 0 Å². The molecule has 0 aromatic heterocycles. The Morgan fingerprint density at radius 1 is 1.05 bits per heavy atom. The molecule has 1 saturated heterocycles. The second-order valence-electron chi connectivity index (χ2n) is 5.29. The molecule has 0 spiro atoms. The van der Waals surface area contributed by atoms with E-state index in [1.807, 2.05) is 43.3 Å². The van der Waals surface area contributed by atoms with Crippen molar-refractivity contribution in [1.82, 2.24) is 5.43 Å². The minimum Gasteiger partial charge on any atom is -0.353 e. The summed E-state index contributed by atoms with van der Waals surface area (Å²) in [5, 5.41) is 2.11. The zero-order chi connectivity index (χ0) is 15.2. The number of para-hydroxylation sites is 2. The van der Waals surface area contributed by atoms with Crippen LogP contribution in [0.5, 0.6) is 0 Å². The minimum absolute atomic E-state index is 0.101. The first-order chi connectivity index (χ1) is 10.9. The molecule has 0 saturated carbocycles. The van der Waals surface area contributed by atoms with Crippen LogP contribution in [0.15, 0.2) is 60.7 Å². The normalized spacial score (nSPS) is 21.0. The van der Waals surface area contributed by atoms with Crippen LogP contribution in [0, 0.1) is 0 Å².